The van der Waals surface area contributed by atoms with Crippen LogP contribution in [0.25, 0.3) is 0 Å². The minimum atomic E-state index is -0.285. The molecule has 0 amide bonds. The number of carbonyl (C=O) groups is 2. The van der Waals surface area contributed by atoms with Crippen molar-refractivity contribution in [1.29, 1.82) is 0 Å². The standard InChI is InChI=1S/C15H29NO7/c1-19-9-8-16(6-4-14(17)22-12-10-20-2)7-5-15(18)23-13-11-21-3/h4-13H2,1-3H3. The Morgan fingerprint density at radius 3 is 1.48 bits per heavy atom. The van der Waals surface area contributed by atoms with Crippen LogP contribution in [0, 0.1) is 0 Å². The zero-order valence-electron chi connectivity index (χ0n) is 14.4. The molecule has 0 aromatic rings. The Hall–Kier alpha value is -1.22. The topological polar surface area (TPSA) is 83.5 Å². The van der Waals surface area contributed by atoms with Gasteiger partial charge in [-0.3, -0.25) is 14.5 Å². The highest BCUT2D eigenvalue weighted by molar-refractivity contribution is 5.70. The van der Waals surface area contributed by atoms with Crippen LogP contribution < -0.4 is 0 Å². The highest BCUT2D eigenvalue weighted by Gasteiger charge is 2.12. The van der Waals surface area contributed by atoms with E-state index >= 15 is 0 Å². The number of hydrogen-bond acceptors (Lipinski definition) is 8. The summed E-state index contributed by atoms with van der Waals surface area (Å²) in [4.78, 5) is 25.1. The molecule has 0 spiro atoms. The van der Waals surface area contributed by atoms with E-state index in [1.807, 2.05) is 4.90 Å². The predicted octanol–water partition coefficient (Wildman–Crippen LogP) is 0.0942. The van der Waals surface area contributed by atoms with Crippen molar-refractivity contribution in [2.45, 2.75) is 12.8 Å². The van der Waals surface area contributed by atoms with Crippen molar-refractivity contribution in [1.82, 2.24) is 4.90 Å². The maximum Gasteiger partial charge on any atom is 0.307 e. The van der Waals surface area contributed by atoms with E-state index < -0.39 is 0 Å². The molecule has 0 aromatic carbocycles. The van der Waals surface area contributed by atoms with E-state index in [0.717, 1.165) is 0 Å². The largest absolute Gasteiger partial charge is 0.463 e. The molecule has 0 saturated heterocycles. The summed E-state index contributed by atoms with van der Waals surface area (Å²) < 4.78 is 24.7. The molecule has 0 aliphatic heterocycles. The number of nitrogens with zero attached hydrogens (tertiary/aromatic N) is 1. The summed E-state index contributed by atoms with van der Waals surface area (Å²) in [6.45, 7) is 3.42. The number of hydrogen-bond donors (Lipinski definition) is 0. The molecule has 0 N–H and O–H groups in total. The van der Waals surface area contributed by atoms with Crippen LogP contribution in [-0.4, -0.2) is 90.8 Å². The molecule has 23 heavy (non-hydrogen) atoms. The molecule has 0 radical (unpaired) electrons. The average Bonchev–Trinajstić information content (AvgIpc) is 2.54. The smallest absolute Gasteiger partial charge is 0.307 e. The Kier molecular flexibility index (Phi) is 14.8. The molecule has 0 rings (SSSR count). The second-order valence-corrected chi connectivity index (χ2v) is 4.76. The van der Waals surface area contributed by atoms with Gasteiger partial charge in [0.15, 0.2) is 0 Å². The summed E-state index contributed by atoms with van der Waals surface area (Å²) in [5.74, 6) is -0.570. The van der Waals surface area contributed by atoms with Gasteiger partial charge in [0.1, 0.15) is 13.2 Å². The number of methoxy groups -OCH3 is 3. The number of esters is 2. The van der Waals surface area contributed by atoms with Crippen molar-refractivity contribution in [3.05, 3.63) is 0 Å². The van der Waals surface area contributed by atoms with Crippen LogP contribution in [0.1, 0.15) is 12.8 Å². The van der Waals surface area contributed by atoms with Crippen LogP contribution in [0.15, 0.2) is 0 Å². The van der Waals surface area contributed by atoms with Gasteiger partial charge in [0.05, 0.1) is 32.7 Å². The third kappa shape index (κ3) is 14.1. The van der Waals surface area contributed by atoms with E-state index in [1.54, 1.807) is 21.3 Å². The van der Waals surface area contributed by atoms with Gasteiger partial charge in [0, 0.05) is 41.0 Å². The van der Waals surface area contributed by atoms with Crippen LogP contribution in [0.5, 0.6) is 0 Å². The predicted molar refractivity (Wildman–Crippen MR) is 83.2 cm³/mol. The lowest BCUT2D eigenvalue weighted by molar-refractivity contribution is -0.145. The van der Waals surface area contributed by atoms with E-state index in [9.17, 15) is 9.59 Å². The molecule has 8 heteroatoms. The van der Waals surface area contributed by atoms with E-state index in [4.69, 9.17) is 23.7 Å². The average molecular weight is 335 g/mol. The van der Waals surface area contributed by atoms with E-state index in [-0.39, 0.29) is 38.0 Å². The summed E-state index contributed by atoms with van der Waals surface area (Å²) in [5, 5.41) is 0. The monoisotopic (exact) mass is 335 g/mol. The first-order chi connectivity index (χ1) is 11.1. The van der Waals surface area contributed by atoms with Gasteiger partial charge >= 0.3 is 11.9 Å². The van der Waals surface area contributed by atoms with Crippen molar-refractivity contribution in [3.63, 3.8) is 0 Å². The van der Waals surface area contributed by atoms with Crippen molar-refractivity contribution in [2.75, 3.05) is 74.0 Å². The Balaban J connectivity index is 4.00. The first-order valence-electron chi connectivity index (χ1n) is 7.64. The molecule has 0 bridgehead atoms. The fourth-order valence-electron chi connectivity index (χ4n) is 1.68. The van der Waals surface area contributed by atoms with Gasteiger partial charge in [0.25, 0.3) is 0 Å². The van der Waals surface area contributed by atoms with Crippen LogP contribution >= 0.6 is 0 Å². The third-order valence-electron chi connectivity index (χ3n) is 2.98. The fraction of sp³-hybridized carbons (Fsp3) is 0.867. The van der Waals surface area contributed by atoms with E-state index in [2.05, 4.69) is 0 Å². The summed E-state index contributed by atoms with van der Waals surface area (Å²) in [6.07, 6.45) is 0.512. The van der Waals surface area contributed by atoms with Crippen molar-refractivity contribution >= 4 is 11.9 Å². The van der Waals surface area contributed by atoms with Crippen molar-refractivity contribution in [2.24, 2.45) is 0 Å². The number of rotatable bonds is 15. The molecule has 136 valence electrons. The summed E-state index contributed by atoms with van der Waals surface area (Å²) >= 11 is 0. The highest BCUT2D eigenvalue weighted by Crippen LogP contribution is 1.98. The normalized spacial score (nSPS) is 10.8. The molecule has 0 unspecified atom stereocenters. The van der Waals surface area contributed by atoms with Crippen molar-refractivity contribution < 1.29 is 33.3 Å². The lowest BCUT2D eigenvalue weighted by Crippen LogP contribution is -2.32. The lowest BCUT2D eigenvalue weighted by atomic mass is 10.3. The highest BCUT2D eigenvalue weighted by atomic mass is 16.6. The Labute approximate surface area is 137 Å². The van der Waals surface area contributed by atoms with Gasteiger partial charge in [-0.15, -0.1) is 0 Å². The summed E-state index contributed by atoms with van der Waals surface area (Å²) in [6, 6.07) is 0. The Bertz CT molecular complexity index is 286. The third-order valence-corrected chi connectivity index (χ3v) is 2.98. The molecule has 0 fully saturated rings. The van der Waals surface area contributed by atoms with Gasteiger partial charge in [-0.1, -0.05) is 0 Å². The summed E-state index contributed by atoms with van der Waals surface area (Å²) in [5.41, 5.74) is 0. The quantitative estimate of drug-likeness (QED) is 0.308. The molecule has 0 aliphatic carbocycles. The van der Waals surface area contributed by atoms with Gasteiger partial charge in [-0.25, -0.2) is 0 Å². The maximum atomic E-state index is 11.6. The molecule has 0 atom stereocenters. The van der Waals surface area contributed by atoms with Crippen LogP contribution in [0.2, 0.25) is 0 Å². The van der Waals surface area contributed by atoms with Crippen molar-refractivity contribution in [3.8, 4) is 0 Å². The summed E-state index contributed by atoms with van der Waals surface area (Å²) in [7, 11) is 4.70. The van der Waals surface area contributed by atoms with Gasteiger partial charge in [-0.2, -0.15) is 0 Å². The second-order valence-electron chi connectivity index (χ2n) is 4.76. The SMILES string of the molecule is COCCOC(=O)CCN(CCOC)CCC(=O)OCCOC. The molecule has 0 aliphatic rings. The van der Waals surface area contributed by atoms with Crippen LogP contribution in [-0.2, 0) is 33.3 Å². The van der Waals surface area contributed by atoms with E-state index in [1.165, 1.54) is 0 Å². The maximum absolute atomic E-state index is 11.6. The molecule has 0 saturated carbocycles. The molecule has 8 nitrogen and oxygen atoms in total. The lowest BCUT2D eigenvalue weighted by Gasteiger charge is -2.21. The Morgan fingerprint density at radius 2 is 1.09 bits per heavy atom. The minimum absolute atomic E-state index is 0.249. The zero-order valence-corrected chi connectivity index (χ0v) is 14.4. The Morgan fingerprint density at radius 1 is 0.652 bits per heavy atom. The molecule has 0 heterocycles. The van der Waals surface area contributed by atoms with Crippen LogP contribution in [0.3, 0.4) is 0 Å². The van der Waals surface area contributed by atoms with Gasteiger partial charge in [0.2, 0.25) is 0 Å². The molecular formula is C15H29NO7. The van der Waals surface area contributed by atoms with Gasteiger partial charge in [-0.05, 0) is 0 Å². The van der Waals surface area contributed by atoms with E-state index in [0.29, 0.717) is 39.5 Å². The molecular weight excluding hydrogens is 306 g/mol. The zero-order chi connectivity index (χ0) is 17.3. The minimum Gasteiger partial charge on any atom is -0.463 e. The first-order valence-corrected chi connectivity index (χ1v) is 7.64. The van der Waals surface area contributed by atoms with Crippen LogP contribution in [0.4, 0.5) is 0 Å². The first kappa shape index (κ1) is 21.8. The number of ether oxygens (including phenoxy) is 5. The fourth-order valence-corrected chi connectivity index (χ4v) is 1.68. The molecule has 0 aromatic heterocycles. The van der Waals surface area contributed by atoms with Gasteiger partial charge < -0.3 is 23.7 Å². The second kappa shape index (κ2) is 15.7. The number of carbonyl (C=O) groups excluding carboxylic acids is 2.